The number of carboxylic acids is 1. The summed E-state index contributed by atoms with van der Waals surface area (Å²) in [6.45, 7) is 0. The summed E-state index contributed by atoms with van der Waals surface area (Å²) in [5.41, 5.74) is -2.00. The molecule has 1 aromatic rings. The average molecular weight is 364 g/mol. The third kappa shape index (κ3) is 4.29. The van der Waals surface area contributed by atoms with Crippen molar-refractivity contribution in [2.45, 2.75) is 24.5 Å². The highest BCUT2D eigenvalue weighted by atomic mass is 79.9. The molecule has 0 atom stereocenters. The number of hydrogen-bond acceptors (Lipinski definition) is 3. The molecule has 112 valence electrons. The monoisotopic (exact) mass is 363 g/mol. The first kappa shape index (κ1) is 16.6. The summed E-state index contributed by atoms with van der Waals surface area (Å²) in [7, 11) is 0. The molecule has 0 aromatic carbocycles. The van der Waals surface area contributed by atoms with E-state index in [9.17, 15) is 26.7 Å². The number of ether oxygens (including phenoxy) is 1. The molecular formula is C10H7BrF5NO3. The van der Waals surface area contributed by atoms with Gasteiger partial charge in [-0.05, 0) is 0 Å². The molecule has 0 radical (unpaired) electrons. The third-order valence-corrected chi connectivity index (χ3v) is 2.66. The molecule has 0 amide bonds. The van der Waals surface area contributed by atoms with Crippen molar-refractivity contribution >= 4 is 21.9 Å². The molecule has 0 bridgehead atoms. The molecule has 1 heterocycles. The second-order valence-corrected chi connectivity index (χ2v) is 4.09. The van der Waals surface area contributed by atoms with Gasteiger partial charge < -0.3 is 9.84 Å². The lowest BCUT2D eigenvalue weighted by atomic mass is 10.1. The summed E-state index contributed by atoms with van der Waals surface area (Å²) in [6, 6.07) is 0. The molecule has 0 spiro atoms. The van der Waals surface area contributed by atoms with Crippen LogP contribution in [0.15, 0.2) is 6.20 Å². The minimum atomic E-state index is -5.22. The predicted octanol–water partition coefficient (Wildman–Crippen LogP) is 3.44. The Labute approximate surface area is 117 Å². The second kappa shape index (κ2) is 6.33. The zero-order valence-corrected chi connectivity index (χ0v) is 11.1. The van der Waals surface area contributed by atoms with E-state index < -0.39 is 42.1 Å². The van der Waals surface area contributed by atoms with Gasteiger partial charge in [-0.15, -0.1) is 13.2 Å². The number of halogens is 6. The van der Waals surface area contributed by atoms with Gasteiger partial charge in [0.15, 0.2) is 0 Å². The van der Waals surface area contributed by atoms with Crippen LogP contribution in [0.2, 0.25) is 0 Å². The van der Waals surface area contributed by atoms with Crippen LogP contribution in [0.5, 0.6) is 5.75 Å². The smallest absolute Gasteiger partial charge is 0.481 e. The Balaban J connectivity index is 3.45. The van der Waals surface area contributed by atoms with Gasteiger partial charge in [-0.25, -0.2) is 8.78 Å². The van der Waals surface area contributed by atoms with Gasteiger partial charge in [0.05, 0.1) is 17.7 Å². The molecule has 0 aliphatic heterocycles. The van der Waals surface area contributed by atoms with E-state index in [1.807, 2.05) is 0 Å². The Bertz CT molecular complexity index is 506. The molecule has 0 unspecified atom stereocenters. The van der Waals surface area contributed by atoms with Crippen LogP contribution in [0.4, 0.5) is 22.0 Å². The maximum Gasteiger partial charge on any atom is 0.573 e. The van der Waals surface area contributed by atoms with E-state index in [0.29, 0.717) is 0 Å². The van der Waals surface area contributed by atoms with Crippen molar-refractivity contribution in [1.82, 2.24) is 4.98 Å². The van der Waals surface area contributed by atoms with Gasteiger partial charge in [-0.3, -0.25) is 9.78 Å². The van der Waals surface area contributed by atoms with Gasteiger partial charge in [-0.2, -0.15) is 0 Å². The van der Waals surface area contributed by atoms with Crippen LogP contribution in [0, 0.1) is 0 Å². The summed E-state index contributed by atoms with van der Waals surface area (Å²) in [5, 5.41) is 8.36. The minimum Gasteiger partial charge on any atom is -0.481 e. The average Bonchev–Trinajstić information content (AvgIpc) is 2.27. The van der Waals surface area contributed by atoms with E-state index in [0.717, 1.165) is 6.20 Å². The number of hydrogen-bond donors (Lipinski definition) is 1. The van der Waals surface area contributed by atoms with Crippen LogP contribution in [-0.4, -0.2) is 22.4 Å². The first-order chi connectivity index (χ1) is 9.15. The third-order valence-electron chi connectivity index (χ3n) is 2.13. The predicted molar refractivity (Wildman–Crippen MR) is 59.8 cm³/mol. The highest BCUT2D eigenvalue weighted by molar-refractivity contribution is 9.08. The van der Waals surface area contributed by atoms with Gasteiger partial charge >= 0.3 is 12.3 Å². The normalized spacial score (nSPS) is 11.8. The number of carboxylic acid groups (broad SMARTS) is 1. The number of alkyl halides is 6. The quantitative estimate of drug-likeness (QED) is 0.643. The zero-order chi connectivity index (χ0) is 15.5. The Morgan fingerprint density at radius 2 is 2.05 bits per heavy atom. The summed E-state index contributed by atoms with van der Waals surface area (Å²) in [4.78, 5) is 14.1. The molecule has 20 heavy (non-hydrogen) atoms. The van der Waals surface area contributed by atoms with Crippen molar-refractivity contribution in [3.63, 3.8) is 0 Å². The number of rotatable bonds is 5. The van der Waals surface area contributed by atoms with E-state index in [2.05, 4.69) is 25.7 Å². The standard InChI is InChI=1S/C10H7BrF5NO3/c11-2-5-7(9(12)13)8(20-10(14,15)16)4(3-17-5)1-6(18)19/h3,9H,1-2H2,(H,18,19). The molecule has 1 rings (SSSR count). The van der Waals surface area contributed by atoms with E-state index in [4.69, 9.17) is 5.11 Å². The zero-order valence-electron chi connectivity index (χ0n) is 9.55. The Kier molecular flexibility index (Phi) is 5.26. The second-order valence-electron chi connectivity index (χ2n) is 3.53. The molecule has 0 saturated carbocycles. The summed E-state index contributed by atoms with van der Waals surface area (Å²) >= 11 is 2.82. The van der Waals surface area contributed by atoms with Crippen LogP contribution >= 0.6 is 15.9 Å². The fourth-order valence-corrected chi connectivity index (χ4v) is 1.89. The lowest BCUT2D eigenvalue weighted by molar-refractivity contribution is -0.275. The summed E-state index contributed by atoms with van der Waals surface area (Å²) in [6.07, 6.45) is -8.65. The molecule has 0 fully saturated rings. The van der Waals surface area contributed by atoms with Crippen LogP contribution in [0.25, 0.3) is 0 Å². The first-order valence-corrected chi connectivity index (χ1v) is 6.10. The molecular weight excluding hydrogens is 357 g/mol. The maximum atomic E-state index is 12.9. The van der Waals surface area contributed by atoms with Gasteiger partial charge in [-0.1, -0.05) is 15.9 Å². The lowest BCUT2D eigenvalue weighted by Crippen LogP contribution is -2.21. The lowest BCUT2D eigenvalue weighted by Gasteiger charge is -2.17. The van der Waals surface area contributed by atoms with Crippen molar-refractivity contribution < 1.29 is 36.6 Å². The van der Waals surface area contributed by atoms with Crippen molar-refractivity contribution in [2.24, 2.45) is 0 Å². The Hall–Kier alpha value is -1.45. The topological polar surface area (TPSA) is 59.4 Å². The van der Waals surface area contributed by atoms with E-state index in [-0.39, 0.29) is 11.0 Å². The summed E-state index contributed by atoms with van der Waals surface area (Å²) in [5.74, 6) is -2.70. The number of pyridine rings is 1. The fourth-order valence-electron chi connectivity index (χ4n) is 1.44. The van der Waals surface area contributed by atoms with Gasteiger partial charge in [0.2, 0.25) is 0 Å². The number of aromatic nitrogens is 1. The number of nitrogens with zero attached hydrogens (tertiary/aromatic N) is 1. The fraction of sp³-hybridized carbons (Fsp3) is 0.400. The molecule has 10 heteroatoms. The highest BCUT2D eigenvalue weighted by Crippen LogP contribution is 2.38. The molecule has 1 N–H and O–H groups in total. The van der Waals surface area contributed by atoms with Gasteiger partial charge in [0.1, 0.15) is 5.75 Å². The van der Waals surface area contributed by atoms with Crippen LogP contribution in [0.1, 0.15) is 23.2 Å². The van der Waals surface area contributed by atoms with Gasteiger partial charge in [0, 0.05) is 17.1 Å². The van der Waals surface area contributed by atoms with Crippen LogP contribution in [0.3, 0.4) is 0 Å². The van der Waals surface area contributed by atoms with E-state index in [1.165, 1.54) is 0 Å². The number of aliphatic carboxylic acids is 1. The molecule has 1 aromatic heterocycles. The van der Waals surface area contributed by atoms with Crippen molar-refractivity contribution in [3.05, 3.63) is 23.0 Å². The Morgan fingerprint density at radius 1 is 1.45 bits per heavy atom. The van der Waals surface area contributed by atoms with Crippen molar-refractivity contribution in [1.29, 1.82) is 0 Å². The van der Waals surface area contributed by atoms with Crippen LogP contribution < -0.4 is 4.74 Å². The maximum absolute atomic E-state index is 12.9. The van der Waals surface area contributed by atoms with Crippen LogP contribution in [-0.2, 0) is 16.5 Å². The SMILES string of the molecule is O=C(O)Cc1cnc(CBr)c(C(F)F)c1OC(F)(F)F. The molecule has 0 aliphatic rings. The van der Waals surface area contributed by atoms with Gasteiger partial charge in [0.25, 0.3) is 6.43 Å². The minimum absolute atomic E-state index is 0.228. The number of carbonyl (C=O) groups is 1. The van der Waals surface area contributed by atoms with E-state index in [1.54, 1.807) is 0 Å². The summed E-state index contributed by atoms with van der Waals surface area (Å²) < 4.78 is 66.3. The highest BCUT2D eigenvalue weighted by Gasteiger charge is 2.36. The van der Waals surface area contributed by atoms with E-state index >= 15 is 0 Å². The van der Waals surface area contributed by atoms with Crippen molar-refractivity contribution in [3.8, 4) is 5.75 Å². The van der Waals surface area contributed by atoms with Crippen molar-refractivity contribution in [2.75, 3.05) is 0 Å². The molecule has 0 saturated heterocycles. The first-order valence-electron chi connectivity index (χ1n) is 4.98. The largest absolute Gasteiger partial charge is 0.573 e. The Morgan fingerprint density at radius 3 is 2.45 bits per heavy atom. The molecule has 4 nitrogen and oxygen atoms in total. The molecule has 0 aliphatic carbocycles.